The number of anilines is 1. The summed E-state index contributed by atoms with van der Waals surface area (Å²) in [5.74, 6) is 1.51. The molecule has 1 N–H and O–H groups in total. The van der Waals surface area contributed by atoms with Crippen LogP contribution >= 0.6 is 11.6 Å². The van der Waals surface area contributed by atoms with Crippen molar-refractivity contribution in [3.63, 3.8) is 0 Å². The van der Waals surface area contributed by atoms with E-state index in [9.17, 15) is 4.79 Å². The molecule has 0 aliphatic carbocycles. The third-order valence-corrected chi connectivity index (χ3v) is 5.19. The molecule has 6 heteroatoms. The van der Waals surface area contributed by atoms with Gasteiger partial charge in [0.2, 0.25) is 5.89 Å². The van der Waals surface area contributed by atoms with Crippen LogP contribution < -0.4 is 10.1 Å². The first kappa shape index (κ1) is 20.7. The maximum atomic E-state index is 12.9. The van der Waals surface area contributed by atoms with Crippen LogP contribution in [-0.2, 0) is 0 Å². The van der Waals surface area contributed by atoms with E-state index in [2.05, 4.69) is 10.3 Å². The fourth-order valence-electron chi connectivity index (χ4n) is 3.15. The normalized spacial score (nSPS) is 10.7. The Hall–Kier alpha value is -3.57. The van der Waals surface area contributed by atoms with Crippen LogP contribution in [0.1, 0.15) is 22.8 Å². The number of aromatic nitrogens is 1. The zero-order chi connectivity index (χ0) is 21.8. The third-order valence-electron chi connectivity index (χ3n) is 4.79. The minimum atomic E-state index is -0.267. The van der Waals surface area contributed by atoms with Gasteiger partial charge >= 0.3 is 0 Å². The predicted octanol–water partition coefficient (Wildman–Crippen LogP) is 6.62. The van der Waals surface area contributed by atoms with Gasteiger partial charge in [-0.2, -0.15) is 0 Å². The largest absolute Gasteiger partial charge is 0.494 e. The fourth-order valence-corrected chi connectivity index (χ4v) is 3.33. The van der Waals surface area contributed by atoms with Gasteiger partial charge in [0.25, 0.3) is 5.91 Å². The number of carbonyl (C=O) groups is 1. The monoisotopic (exact) mass is 432 g/mol. The summed E-state index contributed by atoms with van der Waals surface area (Å²) in [7, 11) is 0. The van der Waals surface area contributed by atoms with E-state index in [1.807, 2.05) is 62.4 Å². The van der Waals surface area contributed by atoms with Crippen molar-refractivity contribution in [1.82, 2.24) is 4.98 Å². The lowest BCUT2D eigenvalue weighted by Crippen LogP contribution is -2.13. The lowest BCUT2D eigenvalue weighted by Gasteiger charge is -2.09. The number of rotatable bonds is 6. The number of ether oxygens (including phenoxy) is 1. The highest BCUT2D eigenvalue weighted by Crippen LogP contribution is 2.30. The molecule has 0 aliphatic heterocycles. The molecular weight excluding hydrogens is 412 g/mol. The van der Waals surface area contributed by atoms with Crippen LogP contribution in [0.3, 0.4) is 0 Å². The molecule has 4 aromatic rings. The number of aryl methyl sites for hydroxylation is 1. The number of oxazole rings is 1. The van der Waals surface area contributed by atoms with Gasteiger partial charge in [-0.15, -0.1) is 0 Å². The Labute approximate surface area is 185 Å². The van der Waals surface area contributed by atoms with Gasteiger partial charge in [0.15, 0.2) is 5.76 Å². The molecule has 0 bridgehead atoms. The number of halogens is 1. The summed E-state index contributed by atoms with van der Waals surface area (Å²) in [4.78, 5) is 17.3. The van der Waals surface area contributed by atoms with E-state index >= 15 is 0 Å². The van der Waals surface area contributed by atoms with Crippen LogP contribution in [0.25, 0.3) is 22.8 Å². The smallest absolute Gasteiger partial charge is 0.256 e. The first-order chi connectivity index (χ1) is 15.0. The van der Waals surface area contributed by atoms with Crippen molar-refractivity contribution < 1.29 is 13.9 Å². The van der Waals surface area contributed by atoms with Gasteiger partial charge in [0, 0.05) is 21.8 Å². The summed E-state index contributed by atoms with van der Waals surface area (Å²) in [6.45, 7) is 4.46. The van der Waals surface area contributed by atoms with Gasteiger partial charge < -0.3 is 14.5 Å². The summed E-state index contributed by atoms with van der Waals surface area (Å²) in [6.07, 6.45) is 1.65. The Kier molecular flexibility index (Phi) is 6.05. The first-order valence-corrected chi connectivity index (χ1v) is 10.3. The maximum Gasteiger partial charge on any atom is 0.256 e. The Morgan fingerprint density at radius 2 is 1.87 bits per heavy atom. The molecule has 3 aromatic carbocycles. The predicted molar refractivity (Wildman–Crippen MR) is 123 cm³/mol. The minimum absolute atomic E-state index is 0.267. The van der Waals surface area contributed by atoms with Crippen molar-refractivity contribution in [1.29, 1.82) is 0 Å². The van der Waals surface area contributed by atoms with Crippen LogP contribution in [0.2, 0.25) is 5.02 Å². The van der Waals surface area contributed by atoms with Gasteiger partial charge in [0.1, 0.15) is 5.75 Å². The number of carbonyl (C=O) groups excluding carboxylic acids is 1. The van der Waals surface area contributed by atoms with E-state index in [1.165, 1.54) is 0 Å². The van der Waals surface area contributed by atoms with Crippen LogP contribution in [0.5, 0.6) is 5.75 Å². The molecule has 0 radical (unpaired) electrons. The number of nitrogens with zero attached hydrogens (tertiary/aromatic N) is 1. The number of benzene rings is 3. The number of nitrogens with one attached hydrogen (secondary N) is 1. The minimum Gasteiger partial charge on any atom is -0.494 e. The van der Waals surface area contributed by atoms with Crippen LogP contribution in [0.4, 0.5) is 5.69 Å². The molecule has 0 saturated heterocycles. The van der Waals surface area contributed by atoms with Crippen molar-refractivity contribution >= 4 is 23.2 Å². The summed E-state index contributed by atoms with van der Waals surface area (Å²) in [6, 6.07) is 20.2. The molecule has 0 saturated carbocycles. The fraction of sp³-hybridized carbons (Fsp3) is 0.120. The molecule has 31 heavy (non-hydrogen) atoms. The highest BCUT2D eigenvalue weighted by atomic mass is 35.5. The van der Waals surface area contributed by atoms with E-state index in [-0.39, 0.29) is 5.91 Å². The Morgan fingerprint density at radius 1 is 1.10 bits per heavy atom. The van der Waals surface area contributed by atoms with Crippen molar-refractivity contribution in [3.05, 3.63) is 89.1 Å². The molecule has 0 fully saturated rings. The summed E-state index contributed by atoms with van der Waals surface area (Å²) < 4.78 is 11.5. The molecule has 0 atom stereocenters. The number of amides is 1. The topological polar surface area (TPSA) is 64.4 Å². The quantitative estimate of drug-likeness (QED) is 0.371. The molecule has 156 valence electrons. The Bertz CT molecular complexity index is 1220. The zero-order valence-electron chi connectivity index (χ0n) is 17.2. The zero-order valence-corrected chi connectivity index (χ0v) is 17.9. The Balaban J connectivity index is 1.60. The summed E-state index contributed by atoms with van der Waals surface area (Å²) in [5, 5.41) is 3.48. The molecule has 0 spiro atoms. The van der Waals surface area contributed by atoms with Crippen LogP contribution in [0.15, 0.2) is 77.3 Å². The third kappa shape index (κ3) is 4.62. The van der Waals surface area contributed by atoms with Crippen molar-refractivity contribution in [2.45, 2.75) is 13.8 Å². The van der Waals surface area contributed by atoms with E-state index in [4.69, 9.17) is 20.8 Å². The Morgan fingerprint density at radius 3 is 2.61 bits per heavy atom. The van der Waals surface area contributed by atoms with Crippen molar-refractivity contribution in [2.75, 3.05) is 11.9 Å². The van der Waals surface area contributed by atoms with E-state index in [0.717, 1.165) is 16.9 Å². The number of hydrogen-bond acceptors (Lipinski definition) is 4. The molecule has 1 aromatic heterocycles. The van der Waals surface area contributed by atoms with Gasteiger partial charge in [-0.3, -0.25) is 4.79 Å². The molecule has 0 unspecified atom stereocenters. The second-order valence-electron chi connectivity index (χ2n) is 6.95. The van der Waals surface area contributed by atoms with E-state index < -0.39 is 0 Å². The summed E-state index contributed by atoms with van der Waals surface area (Å²) in [5.41, 5.74) is 3.51. The average Bonchev–Trinajstić information content (AvgIpc) is 3.27. The average molecular weight is 433 g/mol. The van der Waals surface area contributed by atoms with Gasteiger partial charge in [0.05, 0.1) is 18.4 Å². The van der Waals surface area contributed by atoms with Crippen LogP contribution in [-0.4, -0.2) is 17.5 Å². The lowest BCUT2D eigenvalue weighted by atomic mass is 10.1. The standard InChI is InChI=1S/C25H21ClN2O3/c1-3-30-19-12-9-17(10-13-19)23-15-27-25(31-23)21-7-5-4-6-20(21)24(29)28-18-11-8-16(2)22(26)14-18/h4-15H,3H2,1-2H3,(H,28,29). The maximum absolute atomic E-state index is 12.9. The lowest BCUT2D eigenvalue weighted by molar-refractivity contribution is 0.102. The molecule has 1 amide bonds. The van der Waals surface area contributed by atoms with Gasteiger partial charge in [-0.1, -0.05) is 29.8 Å². The van der Waals surface area contributed by atoms with Gasteiger partial charge in [-0.05, 0) is 67.9 Å². The summed E-state index contributed by atoms with van der Waals surface area (Å²) >= 11 is 6.17. The molecule has 0 aliphatic rings. The molecule has 4 rings (SSSR count). The van der Waals surface area contributed by atoms with Crippen molar-refractivity contribution in [2.24, 2.45) is 0 Å². The molecule has 1 heterocycles. The van der Waals surface area contributed by atoms with Crippen LogP contribution in [0, 0.1) is 6.92 Å². The molecular formula is C25H21ClN2O3. The van der Waals surface area contributed by atoms with Gasteiger partial charge in [-0.25, -0.2) is 4.98 Å². The second kappa shape index (κ2) is 9.06. The highest BCUT2D eigenvalue weighted by Gasteiger charge is 2.17. The highest BCUT2D eigenvalue weighted by molar-refractivity contribution is 6.31. The number of hydrogen-bond donors (Lipinski definition) is 1. The SMILES string of the molecule is CCOc1ccc(-c2cnc(-c3ccccc3C(=O)Nc3ccc(C)c(Cl)c3)o2)cc1. The second-order valence-corrected chi connectivity index (χ2v) is 7.36. The van der Waals surface area contributed by atoms with E-state index in [1.54, 1.807) is 24.4 Å². The van der Waals surface area contributed by atoms with Crippen molar-refractivity contribution in [3.8, 4) is 28.5 Å². The van der Waals surface area contributed by atoms with E-state index in [0.29, 0.717) is 40.1 Å². The first-order valence-electron chi connectivity index (χ1n) is 9.91. The molecule has 5 nitrogen and oxygen atoms in total.